The fourth-order valence-corrected chi connectivity index (χ4v) is 6.00. The van der Waals surface area contributed by atoms with Crippen LogP contribution in [0, 0.1) is 5.92 Å². The summed E-state index contributed by atoms with van der Waals surface area (Å²) in [5.41, 5.74) is 2.52. The minimum absolute atomic E-state index is 0.0636. The van der Waals surface area contributed by atoms with Gasteiger partial charge in [-0.2, -0.15) is 0 Å². The van der Waals surface area contributed by atoms with E-state index in [0.29, 0.717) is 48.9 Å². The Morgan fingerprint density at radius 3 is 2.52 bits per heavy atom. The minimum atomic E-state index is -0.469. The fourth-order valence-electron chi connectivity index (χ4n) is 6.00. The van der Waals surface area contributed by atoms with E-state index in [1.54, 1.807) is 35.2 Å². The van der Waals surface area contributed by atoms with Gasteiger partial charge < -0.3 is 39.6 Å². The van der Waals surface area contributed by atoms with E-state index in [2.05, 4.69) is 29.5 Å². The van der Waals surface area contributed by atoms with Crippen molar-refractivity contribution >= 4 is 23.3 Å². The number of fused-ring (bicyclic) bond motifs is 2. The van der Waals surface area contributed by atoms with Gasteiger partial charge in [0.25, 0.3) is 5.91 Å². The number of aliphatic hydroxyl groups is 1. The van der Waals surface area contributed by atoms with Crippen LogP contribution < -0.4 is 24.8 Å². The molecule has 0 saturated heterocycles. The van der Waals surface area contributed by atoms with Crippen LogP contribution in [0.1, 0.15) is 56.0 Å². The lowest BCUT2D eigenvalue weighted by Gasteiger charge is -2.36. The molecule has 3 N–H and O–H groups in total. The summed E-state index contributed by atoms with van der Waals surface area (Å²) in [6.07, 6.45) is 2.26. The lowest BCUT2D eigenvalue weighted by Crippen LogP contribution is -2.47. The lowest BCUT2D eigenvalue weighted by atomic mass is 10.0. The predicted octanol–water partition coefficient (Wildman–Crippen LogP) is 5.99. The molecule has 3 aromatic carbocycles. The topological polar surface area (TPSA) is 122 Å². The van der Waals surface area contributed by atoms with Gasteiger partial charge in [-0.15, -0.1) is 0 Å². The van der Waals surface area contributed by atoms with Crippen molar-refractivity contribution in [1.29, 1.82) is 0 Å². The summed E-state index contributed by atoms with van der Waals surface area (Å²) in [7, 11) is 2.06. The summed E-state index contributed by atoms with van der Waals surface area (Å²) in [6.45, 7) is 8.21. The summed E-state index contributed by atoms with van der Waals surface area (Å²) in [6, 6.07) is 19.3. The molecule has 48 heavy (non-hydrogen) atoms. The molecule has 0 bridgehead atoms. The number of anilines is 2. The molecular formula is C37H48N4O7. The molecule has 5 rings (SSSR count). The van der Waals surface area contributed by atoms with E-state index in [1.165, 1.54) is 0 Å². The standard InChI is InChI=1S/C37H48N4O7/c1-25-20-41(26(2)23-42)36(43)31-19-30(39-37(44)38-29-11-6-5-7-12-29)14-16-32(31)48-27(3)10-8-9-17-45-35(25)22-40(4)21-28-13-15-33-34(18-28)47-24-46-33/h5-7,11-16,18-19,25-27,35,42H,8-10,17,20-24H2,1-4H3,(H2,38,39,44)/t25-,26-,27-,35-/m1/s1. The van der Waals surface area contributed by atoms with Gasteiger partial charge in [-0.05, 0) is 88.2 Å². The van der Waals surface area contributed by atoms with Crippen molar-refractivity contribution in [2.75, 3.05) is 50.8 Å². The van der Waals surface area contributed by atoms with Gasteiger partial charge in [-0.3, -0.25) is 9.69 Å². The predicted molar refractivity (Wildman–Crippen MR) is 185 cm³/mol. The van der Waals surface area contributed by atoms with E-state index in [4.69, 9.17) is 18.9 Å². The van der Waals surface area contributed by atoms with Crippen LogP contribution in [0.3, 0.4) is 0 Å². The van der Waals surface area contributed by atoms with Crippen LogP contribution in [0.2, 0.25) is 0 Å². The molecule has 0 fully saturated rings. The van der Waals surface area contributed by atoms with E-state index in [0.717, 1.165) is 36.3 Å². The van der Waals surface area contributed by atoms with E-state index < -0.39 is 12.1 Å². The number of urea groups is 1. The molecule has 0 saturated carbocycles. The zero-order valence-electron chi connectivity index (χ0n) is 28.3. The van der Waals surface area contributed by atoms with Gasteiger partial charge in [0.2, 0.25) is 6.79 Å². The molecule has 0 aliphatic carbocycles. The zero-order valence-corrected chi connectivity index (χ0v) is 28.3. The molecule has 3 aromatic rings. The highest BCUT2D eigenvalue weighted by molar-refractivity contribution is 6.02. The van der Waals surface area contributed by atoms with Gasteiger partial charge in [-0.25, -0.2) is 4.79 Å². The van der Waals surface area contributed by atoms with Gasteiger partial charge in [0, 0.05) is 43.5 Å². The average Bonchev–Trinajstić information content (AvgIpc) is 3.54. The number of nitrogens with one attached hydrogen (secondary N) is 2. The maximum absolute atomic E-state index is 14.4. The molecule has 2 heterocycles. The third-order valence-electron chi connectivity index (χ3n) is 8.72. The zero-order chi connectivity index (χ0) is 34.0. The SMILES string of the molecule is C[C@@H]1CCCCO[C@H](CN(C)Cc2ccc3c(c2)OCO3)[C@H](C)CN([C@H](C)CO)C(=O)c2cc(NC(=O)Nc3ccccc3)ccc2O1. The molecule has 2 aliphatic rings. The molecule has 0 radical (unpaired) electrons. The third kappa shape index (κ3) is 9.40. The van der Waals surface area contributed by atoms with E-state index in [1.807, 2.05) is 50.2 Å². The van der Waals surface area contributed by atoms with E-state index >= 15 is 0 Å². The molecule has 11 nitrogen and oxygen atoms in total. The average molecular weight is 661 g/mol. The van der Waals surface area contributed by atoms with Gasteiger partial charge >= 0.3 is 6.03 Å². The summed E-state index contributed by atoms with van der Waals surface area (Å²) in [5, 5.41) is 15.9. The monoisotopic (exact) mass is 660 g/mol. The number of nitrogens with zero attached hydrogens (tertiary/aromatic N) is 2. The Kier molecular flexibility index (Phi) is 12.2. The van der Waals surface area contributed by atoms with Crippen molar-refractivity contribution in [2.45, 2.75) is 64.8 Å². The maximum atomic E-state index is 14.4. The molecule has 11 heteroatoms. The number of hydrogen-bond donors (Lipinski definition) is 3. The van der Waals surface area contributed by atoms with Crippen molar-refractivity contribution in [3.63, 3.8) is 0 Å². The largest absolute Gasteiger partial charge is 0.490 e. The Bertz CT molecular complexity index is 1520. The quantitative estimate of drug-likeness (QED) is 0.270. The number of carbonyl (C=O) groups excluding carboxylic acids is 2. The number of likely N-dealkylation sites (N-methyl/N-ethyl adjacent to an activating group) is 1. The number of carbonyl (C=O) groups is 2. The van der Waals surface area contributed by atoms with Crippen molar-refractivity contribution in [3.05, 3.63) is 77.9 Å². The minimum Gasteiger partial charge on any atom is -0.490 e. The summed E-state index contributed by atoms with van der Waals surface area (Å²) in [4.78, 5) is 31.1. The number of para-hydroxylation sites is 1. The van der Waals surface area contributed by atoms with Crippen molar-refractivity contribution in [1.82, 2.24) is 9.80 Å². The molecular weight excluding hydrogens is 612 g/mol. The Hall–Kier alpha value is -4.32. The highest BCUT2D eigenvalue weighted by Gasteiger charge is 2.30. The first-order valence-corrected chi connectivity index (χ1v) is 16.7. The van der Waals surface area contributed by atoms with Crippen molar-refractivity contribution < 1.29 is 33.6 Å². The molecule has 258 valence electrons. The highest BCUT2D eigenvalue weighted by atomic mass is 16.7. The Morgan fingerprint density at radius 2 is 1.73 bits per heavy atom. The molecule has 0 aromatic heterocycles. The molecule has 0 spiro atoms. The number of hydrogen-bond acceptors (Lipinski definition) is 8. The van der Waals surface area contributed by atoms with Crippen LogP contribution in [0.5, 0.6) is 17.2 Å². The molecule has 4 atom stereocenters. The van der Waals surface area contributed by atoms with E-state index in [-0.39, 0.29) is 37.4 Å². The molecule has 2 aliphatic heterocycles. The van der Waals surface area contributed by atoms with Crippen LogP contribution >= 0.6 is 0 Å². The molecule has 0 unspecified atom stereocenters. The second kappa shape index (κ2) is 16.7. The number of aliphatic hydroxyl groups excluding tert-OH is 1. The van der Waals surface area contributed by atoms with Crippen molar-refractivity contribution in [2.24, 2.45) is 5.92 Å². The Labute approximate surface area is 283 Å². The van der Waals surface area contributed by atoms with Crippen LogP contribution in [-0.4, -0.2) is 85.2 Å². The maximum Gasteiger partial charge on any atom is 0.323 e. The van der Waals surface area contributed by atoms with Crippen LogP contribution in [0.25, 0.3) is 0 Å². The van der Waals surface area contributed by atoms with Crippen LogP contribution in [0.4, 0.5) is 16.2 Å². The fraction of sp³-hybridized carbons (Fsp3) is 0.459. The smallest absolute Gasteiger partial charge is 0.323 e. The van der Waals surface area contributed by atoms with Gasteiger partial charge in [0.1, 0.15) is 5.75 Å². The summed E-state index contributed by atoms with van der Waals surface area (Å²) < 4.78 is 23.9. The highest BCUT2D eigenvalue weighted by Crippen LogP contribution is 2.33. The van der Waals surface area contributed by atoms with Crippen LogP contribution in [-0.2, 0) is 11.3 Å². The summed E-state index contributed by atoms with van der Waals surface area (Å²) in [5.74, 6) is 1.60. The molecule has 3 amide bonds. The third-order valence-corrected chi connectivity index (χ3v) is 8.72. The first-order valence-electron chi connectivity index (χ1n) is 16.7. The van der Waals surface area contributed by atoms with Gasteiger partial charge in [0.15, 0.2) is 11.5 Å². The van der Waals surface area contributed by atoms with Gasteiger partial charge in [-0.1, -0.05) is 31.2 Å². The summed E-state index contributed by atoms with van der Waals surface area (Å²) >= 11 is 0. The first kappa shape index (κ1) is 35.0. The van der Waals surface area contributed by atoms with Gasteiger partial charge in [0.05, 0.1) is 30.4 Å². The Morgan fingerprint density at radius 1 is 0.979 bits per heavy atom. The number of amides is 3. The Balaban J connectivity index is 1.36. The van der Waals surface area contributed by atoms with Crippen LogP contribution in [0.15, 0.2) is 66.7 Å². The second-order valence-electron chi connectivity index (χ2n) is 12.8. The number of rotatable bonds is 8. The lowest BCUT2D eigenvalue weighted by molar-refractivity contribution is -0.0177. The first-order chi connectivity index (χ1) is 23.2. The second-order valence-corrected chi connectivity index (χ2v) is 12.8. The van der Waals surface area contributed by atoms with Crippen molar-refractivity contribution in [3.8, 4) is 17.2 Å². The number of benzene rings is 3. The van der Waals surface area contributed by atoms with E-state index in [9.17, 15) is 14.7 Å². The normalized spacial score (nSPS) is 20.8. The number of ether oxygens (including phenoxy) is 4.